The van der Waals surface area contributed by atoms with Crippen LogP contribution >= 0.6 is 0 Å². The molecule has 0 bridgehead atoms. The van der Waals surface area contributed by atoms with Crippen LogP contribution in [0.3, 0.4) is 0 Å². The Balaban J connectivity index is 2.73. The molecule has 0 aliphatic heterocycles. The first kappa shape index (κ1) is 15.3. The molecule has 102 valence electrons. The number of benzene rings is 1. The van der Waals surface area contributed by atoms with Crippen molar-refractivity contribution in [2.45, 2.75) is 64.6 Å². The fourth-order valence-corrected chi connectivity index (χ4v) is 6.33. The molecule has 1 aromatic carbocycles. The van der Waals surface area contributed by atoms with Crippen molar-refractivity contribution < 1.29 is 4.43 Å². The lowest BCUT2D eigenvalue weighted by Gasteiger charge is -2.31. The summed E-state index contributed by atoms with van der Waals surface area (Å²) in [7, 11) is -1.55. The molecule has 18 heavy (non-hydrogen) atoms. The minimum atomic E-state index is -1.55. The van der Waals surface area contributed by atoms with E-state index in [4.69, 9.17) is 4.43 Å². The number of para-hydroxylation sites is 1. The molecule has 0 unspecified atom stereocenters. The molecule has 0 aliphatic rings. The Hall–Kier alpha value is -0.763. The summed E-state index contributed by atoms with van der Waals surface area (Å²) in [6.07, 6.45) is 5.19. The maximum Gasteiger partial charge on any atom is 0.251 e. The highest BCUT2D eigenvalue weighted by atomic mass is 28.4. The molecule has 0 aromatic heterocycles. The van der Waals surface area contributed by atoms with Gasteiger partial charge in [-0.15, -0.1) is 0 Å². The van der Waals surface area contributed by atoms with E-state index >= 15 is 0 Å². The molecular weight excluding hydrogens is 236 g/mol. The predicted octanol–water partition coefficient (Wildman–Crippen LogP) is 5.63. The van der Waals surface area contributed by atoms with E-state index in [-0.39, 0.29) is 0 Å². The van der Waals surface area contributed by atoms with Crippen molar-refractivity contribution in [2.75, 3.05) is 0 Å². The van der Waals surface area contributed by atoms with Gasteiger partial charge in [0.25, 0.3) is 8.32 Å². The lowest BCUT2D eigenvalue weighted by Crippen LogP contribution is -2.40. The van der Waals surface area contributed by atoms with Gasteiger partial charge in [-0.25, -0.2) is 0 Å². The zero-order chi connectivity index (χ0) is 13.3. The van der Waals surface area contributed by atoms with Crippen LogP contribution < -0.4 is 4.43 Å². The van der Waals surface area contributed by atoms with Crippen LogP contribution in [0.25, 0.3) is 0 Å². The van der Waals surface area contributed by atoms with Crippen LogP contribution in [0.2, 0.25) is 18.1 Å². The summed E-state index contributed by atoms with van der Waals surface area (Å²) in [5.41, 5.74) is 0. The maximum absolute atomic E-state index is 6.49. The lowest BCUT2D eigenvalue weighted by atomic mass is 10.3. The highest BCUT2D eigenvalue weighted by Crippen LogP contribution is 2.29. The molecule has 0 spiro atoms. The van der Waals surface area contributed by atoms with Crippen LogP contribution in [0, 0.1) is 0 Å². The fraction of sp³-hybridized carbons (Fsp3) is 0.625. The van der Waals surface area contributed by atoms with Crippen LogP contribution in [0.1, 0.15) is 46.5 Å². The minimum absolute atomic E-state index is 1.08. The Kier molecular flexibility index (Phi) is 7.10. The van der Waals surface area contributed by atoms with E-state index in [9.17, 15) is 0 Å². The van der Waals surface area contributed by atoms with Gasteiger partial charge in [0.15, 0.2) is 0 Å². The average molecular weight is 264 g/mol. The van der Waals surface area contributed by atoms with Crippen LogP contribution in [0.5, 0.6) is 5.75 Å². The molecular formula is C16H28OSi. The summed E-state index contributed by atoms with van der Waals surface area (Å²) >= 11 is 0. The predicted molar refractivity (Wildman–Crippen MR) is 82.7 cm³/mol. The Bertz CT molecular complexity index is 302. The van der Waals surface area contributed by atoms with Crippen LogP contribution in [0.4, 0.5) is 0 Å². The van der Waals surface area contributed by atoms with Gasteiger partial charge < -0.3 is 4.43 Å². The highest BCUT2D eigenvalue weighted by molar-refractivity contribution is 6.74. The second kappa shape index (κ2) is 8.36. The Morgan fingerprint density at radius 3 is 1.89 bits per heavy atom. The number of rotatable bonds is 9. The molecule has 0 radical (unpaired) electrons. The molecule has 0 N–H and O–H groups in total. The first-order valence-corrected chi connectivity index (χ1v) is 10.0. The first-order valence-electron chi connectivity index (χ1n) is 7.50. The summed E-state index contributed by atoms with van der Waals surface area (Å²) < 4.78 is 6.49. The van der Waals surface area contributed by atoms with Gasteiger partial charge in [0.2, 0.25) is 0 Å². The van der Waals surface area contributed by atoms with Gasteiger partial charge in [-0.2, -0.15) is 0 Å². The number of hydrogen-bond acceptors (Lipinski definition) is 1. The molecule has 0 saturated carbocycles. The minimum Gasteiger partial charge on any atom is -0.543 e. The highest BCUT2D eigenvalue weighted by Gasteiger charge is 2.33. The average Bonchev–Trinajstić information content (AvgIpc) is 2.43. The Morgan fingerprint density at radius 2 is 1.44 bits per heavy atom. The summed E-state index contributed by atoms with van der Waals surface area (Å²) in [6, 6.07) is 14.3. The molecule has 1 nitrogen and oxygen atoms in total. The zero-order valence-corrected chi connectivity index (χ0v) is 13.2. The van der Waals surface area contributed by atoms with Crippen LogP contribution in [-0.4, -0.2) is 8.32 Å². The van der Waals surface area contributed by atoms with E-state index in [1.165, 1.54) is 43.8 Å². The Morgan fingerprint density at radius 1 is 0.889 bits per heavy atom. The Labute approximate surface area is 114 Å². The van der Waals surface area contributed by atoms with E-state index in [1.807, 2.05) is 0 Å². The standard InChI is InChI=1S/C16H28OSi/c1-4-7-14-18(6-3,15-8-5-2)17-16-12-10-9-11-13-16/h9-13H,4-8,14-15H2,1-3H3. The van der Waals surface area contributed by atoms with Gasteiger partial charge in [0.05, 0.1) is 0 Å². The van der Waals surface area contributed by atoms with Crippen molar-refractivity contribution in [1.29, 1.82) is 0 Å². The van der Waals surface area contributed by atoms with Gasteiger partial charge in [-0.1, -0.05) is 64.7 Å². The summed E-state index contributed by atoms with van der Waals surface area (Å²) in [5.74, 6) is 1.08. The number of unbranched alkanes of at least 4 members (excludes halogenated alkanes) is 2. The third-order valence-electron chi connectivity index (χ3n) is 3.69. The second-order valence-electron chi connectivity index (χ2n) is 5.16. The van der Waals surface area contributed by atoms with E-state index in [0.717, 1.165) is 5.75 Å². The summed E-state index contributed by atoms with van der Waals surface area (Å²) in [4.78, 5) is 0. The van der Waals surface area contributed by atoms with Gasteiger partial charge in [0, 0.05) is 0 Å². The monoisotopic (exact) mass is 264 g/mol. The van der Waals surface area contributed by atoms with Crippen molar-refractivity contribution in [3.8, 4) is 5.75 Å². The largest absolute Gasteiger partial charge is 0.543 e. The number of hydrogen-bond donors (Lipinski definition) is 0. The van der Waals surface area contributed by atoms with Gasteiger partial charge >= 0.3 is 0 Å². The van der Waals surface area contributed by atoms with Crippen molar-refractivity contribution in [3.05, 3.63) is 30.3 Å². The molecule has 1 aromatic rings. The lowest BCUT2D eigenvalue weighted by molar-refractivity contribution is 0.518. The molecule has 0 amide bonds. The van der Waals surface area contributed by atoms with Crippen molar-refractivity contribution in [3.63, 3.8) is 0 Å². The molecule has 0 atom stereocenters. The van der Waals surface area contributed by atoms with Crippen LogP contribution in [-0.2, 0) is 0 Å². The zero-order valence-electron chi connectivity index (χ0n) is 12.2. The van der Waals surface area contributed by atoms with Gasteiger partial charge in [0.1, 0.15) is 5.75 Å². The first-order chi connectivity index (χ1) is 8.76. The van der Waals surface area contributed by atoms with Gasteiger partial charge in [-0.3, -0.25) is 0 Å². The maximum atomic E-state index is 6.49. The summed E-state index contributed by atoms with van der Waals surface area (Å²) in [6.45, 7) is 6.87. The molecule has 2 heteroatoms. The van der Waals surface area contributed by atoms with Crippen molar-refractivity contribution >= 4 is 8.32 Å². The third kappa shape index (κ3) is 4.85. The molecule has 0 fully saturated rings. The topological polar surface area (TPSA) is 9.23 Å². The molecule has 0 heterocycles. The third-order valence-corrected chi connectivity index (χ3v) is 8.18. The SMILES string of the molecule is CCCC[Si](CC)(CCCC)Oc1ccccc1. The van der Waals surface area contributed by atoms with Crippen LogP contribution in [0.15, 0.2) is 30.3 Å². The van der Waals surface area contributed by atoms with Gasteiger partial charge in [-0.05, 0) is 30.3 Å². The second-order valence-corrected chi connectivity index (χ2v) is 9.44. The quantitative estimate of drug-likeness (QED) is 0.525. The summed E-state index contributed by atoms with van der Waals surface area (Å²) in [5, 5.41) is 0. The van der Waals surface area contributed by atoms with E-state index in [0.29, 0.717) is 0 Å². The fourth-order valence-electron chi connectivity index (χ4n) is 2.39. The molecule has 0 saturated heterocycles. The van der Waals surface area contributed by atoms with Crippen molar-refractivity contribution in [1.82, 2.24) is 0 Å². The molecule has 1 rings (SSSR count). The van der Waals surface area contributed by atoms with E-state index < -0.39 is 8.32 Å². The van der Waals surface area contributed by atoms with Crippen molar-refractivity contribution in [2.24, 2.45) is 0 Å². The molecule has 0 aliphatic carbocycles. The smallest absolute Gasteiger partial charge is 0.251 e. The van der Waals surface area contributed by atoms with E-state index in [2.05, 4.69) is 51.1 Å². The van der Waals surface area contributed by atoms with E-state index in [1.54, 1.807) is 0 Å². The normalized spacial score (nSPS) is 11.5.